The van der Waals surface area contributed by atoms with E-state index in [-0.39, 0.29) is 5.41 Å². The second kappa shape index (κ2) is 7.83. The number of unbranched alkanes of at least 4 members (excludes halogenated alkanes) is 3. The average molecular weight is 313 g/mol. The van der Waals surface area contributed by atoms with Crippen LogP contribution in [0.1, 0.15) is 52.0 Å². The van der Waals surface area contributed by atoms with Gasteiger partial charge in [-0.2, -0.15) is 0 Å². The van der Waals surface area contributed by atoms with Gasteiger partial charge in [0.25, 0.3) is 0 Å². The Balaban J connectivity index is 2.27. The van der Waals surface area contributed by atoms with E-state index in [0.717, 1.165) is 24.1 Å². The third-order valence-electron chi connectivity index (χ3n) is 3.02. The third-order valence-corrected chi connectivity index (χ3v) is 3.58. The van der Waals surface area contributed by atoms with Gasteiger partial charge in [0, 0.05) is 5.33 Å². The van der Waals surface area contributed by atoms with Crippen molar-refractivity contribution in [3.63, 3.8) is 0 Å². The summed E-state index contributed by atoms with van der Waals surface area (Å²) in [7, 11) is 0. The predicted molar refractivity (Wildman–Crippen MR) is 82.9 cm³/mol. The Bertz CT molecular complexity index is 324. The molecule has 0 heterocycles. The first kappa shape index (κ1) is 15.6. The summed E-state index contributed by atoms with van der Waals surface area (Å²) >= 11 is 3.45. The molecule has 2 heteroatoms. The molecular weight excluding hydrogens is 288 g/mol. The summed E-state index contributed by atoms with van der Waals surface area (Å²) in [6.45, 7) is 7.52. The van der Waals surface area contributed by atoms with Gasteiger partial charge in [-0.15, -0.1) is 0 Å². The molecule has 0 saturated heterocycles. The summed E-state index contributed by atoms with van der Waals surface area (Å²) in [6.07, 6.45) is 4.96. The maximum atomic E-state index is 5.74. The van der Waals surface area contributed by atoms with E-state index in [1.165, 1.54) is 24.8 Å². The normalized spacial score (nSPS) is 11.6. The van der Waals surface area contributed by atoms with Crippen molar-refractivity contribution >= 4 is 15.9 Å². The van der Waals surface area contributed by atoms with E-state index >= 15 is 0 Å². The molecule has 0 aromatic heterocycles. The Labute approximate surface area is 120 Å². The maximum Gasteiger partial charge on any atom is 0.119 e. The molecule has 0 aliphatic heterocycles. The molecule has 0 atom stereocenters. The first-order valence-electron chi connectivity index (χ1n) is 6.83. The summed E-state index contributed by atoms with van der Waals surface area (Å²) in [5.41, 5.74) is 1.57. The van der Waals surface area contributed by atoms with Gasteiger partial charge in [0.2, 0.25) is 0 Å². The van der Waals surface area contributed by atoms with Gasteiger partial charge in [0.1, 0.15) is 5.75 Å². The van der Waals surface area contributed by atoms with E-state index in [0.29, 0.717) is 0 Å². The first-order chi connectivity index (χ1) is 8.54. The van der Waals surface area contributed by atoms with Gasteiger partial charge in [0.15, 0.2) is 0 Å². The molecule has 1 rings (SSSR count). The number of hydrogen-bond acceptors (Lipinski definition) is 1. The summed E-state index contributed by atoms with van der Waals surface area (Å²) in [4.78, 5) is 0. The summed E-state index contributed by atoms with van der Waals surface area (Å²) in [6, 6.07) is 8.50. The van der Waals surface area contributed by atoms with Gasteiger partial charge in [0.05, 0.1) is 6.61 Å². The van der Waals surface area contributed by atoms with E-state index in [2.05, 4.69) is 61.0 Å². The van der Waals surface area contributed by atoms with E-state index in [9.17, 15) is 0 Å². The van der Waals surface area contributed by atoms with Gasteiger partial charge < -0.3 is 4.74 Å². The van der Waals surface area contributed by atoms with Crippen molar-refractivity contribution in [2.45, 2.75) is 51.9 Å². The quantitative estimate of drug-likeness (QED) is 0.489. The molecule has 1 aromatic rings. The second-order valence-electron chi connectivity index (χ2n) is 5.73. The summed E-state index contributed by atoms with van der Waals surface area (Å²) < 4.78 is 5.74. The lowest BCUT2D eigenvalue weighted by molar-refractivity contribution is 0.305. The highest BCUT2D eigenvalue weighted by atomic mass is 79.9. The second-order valence-corrected chi connectivity index (χ2v) is 6.52. The van der Waals surface area contributed by atoms with Crippen LogP contribution in [-0.2, 0) is 5.41 Å². The minimum atomic E-state index is 0.216. The molecule has 18 heavy (non-hydrogen) atoms. The molecule has 1 nitrogen and oxygen atoms in total. The molecule has 0 bridgehead atoms. The molecule has 0 fully saturated rings. The lowest BCUT2D eigenvalue weighted by Gasteiger charge is -2.19. The van der Waals surface area contributed by atoms with Crippen LogP contribution in [0, 0.1) is 0 Å². The van der Waals surface area contributed by atoms with Gasteiger partial charge >= 0.3 is 0 Å². The fourth-order valence-corrected chi connectivity index (χ4v) is 2.19. The zero-order valence-electron chi connectivity index (χ0n) is 11.8. The van der Waals surface area contributed by atoms with Gasteiger partial charge in [-0.1, -0.05) is 61.7 Å². The standard InChI is InChI=1S/C16H25BrO/c1-16(2,3)14-8-10-15(11-9-14)18-13-7-5-4-6-12-17/h8-11H,4-7,12-13H2,1-3H3. The minimum Gasteiger partial charge on any atom is -0.494 e. The molecule has 0 spiro atoms. The number of rotatable bonds is 7. The van der Waals surface area contributed by atoms with Crippen LogP contribution in [0.2, 0.25) is 0 Å². The monoisotopic (exact) mass is 312 g/mol. The maximum absolute atomic E-state index is 5.74. The SMILES string of the molecule is CC(C)(C)c1ccc(OCCCCCCBr)cc1. The fraction of sp³-hybridized carbons (Fsp3) is 0.625. The lowest BCUT2D eigenvalue weighted by Crippen LogP contribution is -2.10. The zero-order valence-corrected chi connectivity index (χ0v) is 13.4. The van der Waals surface area contributed by atoms with E-state index < -0.39 is 0 Å². The van der Waals surface area contributed by atoms with Crippen molar-refractivity contribution in [3.05, 3.63) is 29.8 Å². The largest absolute Gasteiger partial charge is 0.494 e. The van der Waals surface area contributed by atoms with Crippen LogP contribution in [0.5, 0.6) is 5.75 Å². The van der Waals surface area contributed by atoms with Crippen LogP contribution in [0.3, 0.4) is 0 Å². The van der Waals surface area contributed by atoms with Crippen molar-refractivity contribution in [2.75, 3.05) is 11.9 Å². The number of alkyl halides is 1. The highest BCUT2D eigenvalue weighted by molar-refractivity contribution is 9.09. The molecule has 0 aliphatic carbocycles. The smallest absolute Gasteiger partial charge is 0.119 e. The molecule has 0 aliphatic rings. The Hall–Kier alpha value is -0.500. The van der Waals surface area contributed by atoms with Gasteiger partial charge in [-0.3, -0.25) is 0 Å². The van der Waals surface area contributed by atoms with Crippen molar-refractivity contribution in [3.8, 4) is 5.75 Å². The highest BCUT2D eigenvalue weighted by Gasteiger charge is 2.12. The van der Waals surface area contributed by atoms with Crippen LogP contribution >= 0.6 is 15.9 Å². The molecule has 0 radical (unpaired) electrons. The zero-order chi connectivity index (χ0) is 13.4. The van der Waals surface area contributed by atoms with Crippen LogP contribution in [0.15, 0.2) is 24.3 Å². The van der Waals surface area contributed by atoms with Crippen molar-refractivity contribution in [1.82, 2.24) is 0 Å². The van der Waals surface area contributed by atoms with Crippen molar-refractivity contribution < 1.29 is 4.74 Å². The number of ether oxygens (including phenoxy) is 1. The lowest BCUT2D eigenvalue weighted by atomic mass is 9.87. The predicted octanol–water partition coefficient (Wildman–Crippen LogP) is 5.32. The van der Waals surface area contributed by atoms with Crippen LogP contribution in [-0.4, -0.2) is 11.9 Å². The van der Waals surface area contributed by atoms with Crippen molar-refractivity contribution in [2.24, 2.45) is 0 Å². The number of hydrogen-bond donors (Lipinski definition) is 0. The Morgan fingerprint density at radius 2 is 1.56 bits per heavy atom. The van der Waals surface area contributed by atoms with Crippen LogP contribution in [0.4, 0.5) is 0 Å². The molecule has 102 valence electrons. The minimum absolute atomic E-state index is 0.216. The molecule has 0 amide bonds. The average Bonchev–Trinajstić information content (AvgIpc) is 2.33. The Kier molecular flexibility index (Phi) is 6.77. The van der Waals surface area contributed by atoms with Gasteiger partial charge in [-0.05, 0) is 36.0 Å². The third kappa shape index (κ3) is 5.90. The Morgan fingerprint density at radius 3 is 2.11 bits per heavy atom. The topological polar surface area (TPSA) is 9.23 Å². The summed E-state index contributed by atoms with van der Waals surface area (Å²) in [5.74, 6) is 0.989. The highest BCUT2D eigenvalue weighted by Crippen LogP contribution is 2.24. The first-order valence-corrected chi connectivity index (χ1v) is 7.95. The van der Waals surface area contributed by atoms with Crippen LogP contribution < -0.4 is 4.74 Å². The number of halogens is 1. The van der Waals surface area contributed by atoms with Crippen LogP contribution in [0.25, 0.3) is 0 Å². The van der Waals surface area contributed by atoms with E-state index in [1.807, 2.05) is 0 Å². The molecular formula is C16H25BrO. The molecule has 0 N–H and O–H groups in total. The van der Waals surface area contributed by atoms with E-state index in [1.54, 1.807) is 0 Å². The molecule has 1 aromatic carbocycles. The van der Waals surface area contributed by atoms with E-state index in [4.69, 9.17) is 4.74 Å². The number of benzene rings is 1. The van der Waals surface area contributed by atoms with Crippen molar-refractivity contribution in [1.29, 1.82) is 0 Å². The van der Waals surface area contributed by atoms with Gasteiger partial charge in [-0.25, -0.2) is 0 Å². The summed E-state index contributed by atoms with van der Waals surface area (Å²) in [5, 5.41) is 1.11. The Morgan fingerprint density at radius 1 is 0.944 bits per heavy atom. The molecule has 0 unspecified atom stereocenters. The molecule has 0 saturated carbocycles. The fourth-order valence-electron chi connectivity index (χ4n) is 1.79.